The average Bonchev–Trinajstić information content (AvgIpc) is 2.04. The number of hydrogen-bond acceptors (Lipinski definition) is 1. The van der Waals surface area contributed by atoms with Crippen LogP contribution in [0.3, 0.4) is 0 Å². The van der Waals surface area contributed by atoms with Gasteiger partial charge in [-0.1, -0.05) is 24.3 Å². The topological polar surface area (TPSA) is 17.1 Å². The Kier molecular flexibility index (Phi) is 3.12. The highest BCUT2D eigenvalue weighted by Crippen LogP contribution is 2.25. The van der Waals surface area contributed by atoms with Crippen LogP contribution in [0.15, 0.2) is 24.3 Å². The van der Waals surface area contributed by atoms with Crippen LogP contribution in [0.4, 0.5) is 0 Å². The molecule has 0 saturated heterocycles. The highest BCUT2D eigenvalue weighted by molar-refractivity contribution is 6.68. The first-order chi connectivity index (χ1) is 5.63. The largest absolute Gasteiger partial charge is 0.279 e. The maximum absolute atomic E-state index is 10.7. The molecule has 1 unspecified atom stereocenters. The van der Waals surface area contributed by atoms with Gasteiger partial charge in [0.2, 0.25) is 5.24 Å². The molecule has 0 amide bonds. The lowest BCUT2D eigenvalue weighted by Crippen LogP contribution is -2.00. The summed E-state index contributed by atoms with van der Waals surface area (Å²) in [5.74, 6) is 0. The summed E-state index contributed by atoms with van der Waals surface area (Å²) in [7, 11) is 0. The van der Waals surface area contributed by atoms with E-state index < -0.39 is 10.6 Å². The average molecular weight is 203 g/mol. The van der Waals surface area contributed by atoms with Gasteiger partial charge >= 0.3 is 0 Å². The van der Waals surface area contributed by atoms with E-state index in [0.29, 0.717) is 0 Å². The van der Waals surface area contributed by atoms with Crippen molar-refractivity contribution in [1.82, 2.24) is 0 Å². The number of carbonyl (C=O) groups excluding carboxylic acids is 1. The van der Waals surface area contributed by atoms with Crippen molar-refractivity contribution in [3.63, 3.8) is 0 Å². The second-order valence-corrected chi connectivity index (χ2v) is 3.33. The van der Waals surface area contributed by atoms with Gasteiger partial charge in [0.15, 0.2) is 0 Å². The summed E-state index contributed by atoms with van der Waals surface area (Å²) < 4.78 is 0. The Hall–Kier alpha value is -0.530. The third-order valence-electron chi connectivity index (χ3n) is 1.66. The molecule has 0 aliphatic rings. The second-order valence-electron chi connectivity index (χ2n) is 2.52. The Bertz CT molecular complexity index is 296. The maximum Gasteiger partial charge on any atom is 0.244 e. The van der Waals surface area contributed by atoms with Gasteiger partial charge in [0.25, 0.3) is 0 Å². The highest BCUT2D eigenvalue weighted by Gasteiger charge is 2.16. The summed E-state index contributed by atoms with van der Waals surface area (Å²) in [5, 5.41) is -1.26. The summed E-state index contributed by atoms with van der Waals surface area (Å²) in [6.07, 6.45) is 0. The Morgan fingerprint density at radius 2 is 2.00 bits per heavy atom. The molecule has 64 valence electrons. The number of carbonyl (C=O) groups is 1. The Labute approximate surface area is 81.3 Å². The van der Waals surface area contributed by atoms with Crippen molar-refractivity contribution in [3.05, 3.63) is 35.4 Å². The zero-order chi connectivity index (χ0) is 9.14. The van der Waals surface area contributed by atoms with Crippen LogP contribution >= 0.6 is 23.2 Å². The van der Waals surface area contributed by atoms with Gasteiger partial charge in [0, 0.05) is 0 Å². The minimum Gasteiger partial charge on any atom is -0.279 e. The molecule has 1 rings (SSSR count). The number of hydrogen-bond donors (Lipinski definition) is 0. The lowest BCUT2D eigenvalue weighted by molar-refractivity contribution is -0.111. The lowest BCUT2D eigenvalue weighted by atomic mass is 10.1. The van der Waals surface area contributed by atoms with E-state index >= 15 is 0 Å². The smallest absolute Gasteiger partial charge is 0.244 e. The summed E-state index contributed by atoms with van der Waals surface area (Å²) in [4.78, 5) is 10.7. The molecule has 0 aliphatic carbocycles. The Morgan fingerprint density at radius 1 is 1.42 bits per heavy atom. The summed E-state index contributed by atoms with van der Waals surface area (Å²) in [5.41, 5.74) is 1.76. The second kappa shape index (κ2) is 3.92. The van der Waals surface area contributed by atoms with Crippen molar-refractivity contribution in [2.24, 2.45) is 0 Å². The van der Waals surface area contributed by atoms with Crippen LogP contribution in [0.1, 0.15) is 16.5 Å². The van der Waals surface area contributed by atoms with E-state index in [1.54, 1.807) is 6.07 Å². The van der Waals surface area contributed by atoms with E-state index in [0.717, 1.165) is 11.1 Å². The third-order valence-corrected chi connectivity index (χ3v) is 2.42. The first-order valence-corrected chi connectivity index (χ1v) is 4.33. The minimum absolute atomic E-state index is 0.536. The van der Waals surface area contributed by atoms with Gasteiger partial charge < -0.3 is 0 Å². The molecule has 3 heteroatoms. The molecule has 0 N–H and O–H groups in total. The van der Waals surface area contributed by atoms with E-state index in [1.165, 1.54) is 0 Å². The van der Waals surface area contributed by atoms with Gasteiger partial charge in [-0.25, -0.2) is 0 Å². The number of alkyl halides is 1. The number of aryl methyl sites for hydroxylation is 1. The van der Waals surface area contributed by atoms with Crippen molar-refractivity contribution in [1.29, 1.82) is 0 Å². The standard InChI is InChI=1S/C9H8Cl2O/c1-6-4-2-3-5-7(6)8(10)9(11)12/h2-5,8H,1H3. The molecule has 1 atom stereocenters. The Morgan fingerprint density at radius 3 is 2.50 bits per heavy atom. The van der Waals surface area contributed by atoms with Gasteiger partial charge in [-0.05, 0) is 29.7 Å². The van der Waals surface area contributed by atoms with Crippen LogP contribution in [-0.4, -0.2) is 5.24 Å². The lowest BCUT2D eigenvalue weighted by Gasteiger charge is -2.06. The summed E-state index contributed by atoms with van der Waals surface area (Å²) in [6, 6.07) is 7.41. The molecule has 0 bridgehead atoms. The highest BCUT2D eigenvalue weighted by atomic mass is 35.5. The van der Waals surface area contributed by atoms with E-state index in [-0.39, 0.29) is 0 Å². The van der Waals surface area contributed by atoms with Crippen LogP contribution in [0, 0.1) is 6.92 Å². The van der Waals surface area contributed by atoms with Gasteiger partial charge in [-0.2, -0.15) is 0 Å². The molecular weight excluding hydrogens is 195 g/mol. The van der Waals surface area contributed by atoms with Crippen LogP contribution in [0.25, 0.3) is 0 Å². The van der Waals surface area contributed by atoms with Gasteiger partial charge in [0.1, 0.15) is 5.38 Å². The van der Waals surface area contributed by atoms with Gasteiger partial charge in [-0.15, -0.1) is 11.6 Å². The maximum atomic E-state index is 10.7. The zero-order valence-corrected chi connectivity index (χ0v) is 8.06. The molecule has 1 aromatic carbocycles. The number of rotatable bonds is 2. The molecule has 12 heavy (non-hydrogen) atoms. The fourth-order valence-electron chi connectivity index (χ4n) is 0.993. The molecule has 0 radical (unpaired) electrons. The quantitative estimate of drug-likeness (QED) is 0.533. The molecule has 0 aliphatic heterocycles. The molecule has 0 spiro atoms. The molecule has 1 aromatic rings. The molecule has 0 saturated carbocycles. The first kappa shape index (κ1) is 9.56. The van der Waals surface area contributed by atoms with Crippen molar-refractivity contribution in [2.75, 3.05) is 0 Å². The first-order valence-electron chi connectivity index (χ1n) is 3.52. The van der Waals surface area contributed by atoms with Gasteiger partial charge in [0.05, 0.1) is 0 Å². The molecular formula is C9H8Cl2O. The summed E-state index contributed by atoms with van der Waals surface area (Å²) in [6.45, 7) is 1.89. The van der Waals surface area contributed by atoms with Crippen LogP contribution in [0.5, 0.6) is 0 Å². The predicted molar refractivity (Wildman–Crippen MR) is 50.6 cm³/mol. The molecule has 0 heterocycles. The summed E-state index contributed by atoms with van der Waals surface area (Å²) >= 11 is 11.0. The normalized spacial score (nSPS) is 12.6. The molecule has 1 nitrogen and oxygen atoms in total. The van der Waals surface area contributed by atoms with Crippen LogP contribution < -0.4 is 0 Å². The molecule has 0 aromatic heterocycles. The predicted octanol–water partition coefficient (Wildman–Crippen LogP) is 3.04. The van der Waals surface area contributed by atoms with Crippen molar-refractivity contribution < 1.29 is 4.79 Å². The van der Waals surface area contributed by atoms with Crippen LogP contribution in [-0.2, 0) is 4.79 Å². The zero-order valence-electron chi connectivity index (χ0n) is 6.55. The fourth-order valence-corrected chi connectivity index (χ4v) is 1.36. The SMILES string of the molecule is Cc1ccccc1C(Cl)C(=O)Cl. The third kappa shape index (κ3) is 1.99. The minimum atomic E-state index is -0.729. The van der Waals surface area contributed by atoms with E-state index in [1.807, 2.05) is 25.1 Å². The van der Waals surface area contributed by atoms with E-state index in [4.69, 9.17) is 23.2 Å². The van der Waals surface area contributed by atoms with Crippen molar-refractivity contribution in [3.8, 4) is 0 Å². The number of halogens is 2. The van der Waals surface area contributed by atoms with E-state index in [2.05, 4.69) is 0 Å². The fraction of sp³-hybridized carbons (Fsp3) is 0.222. The van der Waals surface area contributed by atoms with E-state index in [9.17, 15) is 4.79 Å². The van der Waals surface area contributed by atoms with Gasteiger partial charge in [-0.3, -0.25) is 4.79 Å². The van der Waals surface area contributed by atoms with Crippen molar-refractivity contribution in [2.45, 2.75) is 12.3 Å². The molecule has 0 fully saturated rings. The number of benzene rings is 1. The van der Waals surface area contributed by atoms with Crippen molar-refractivity contribution >= 4 is 28.4 Å². The monoisotopic (exact) mass is 202 g/mol. The Balaban J connectivity index is 3.02. The van der Waals surface area contributed by atoms with Crippen LogP contribution in [0.2, 0.25) is 0 Å².